The van der Waals surface area contributed by atoms with Crippen LogP contribution in [0.4, 0.5) is 4.39 Å². The van der Waals surface area contributed by atoms with Gasteiger partial charge in [0.15, 0.2) is 0 Å². The zero-order valence-corrected chi connectivity index (χ0v) is 9.89. The van der Waals surface area contributed by atoms with Gasteiger partial charge in [-0.2, -0.15) is 5.26 Å². The topological polar surface area (TPSA) is 44.0 Å². The Labute approximate surface area is 105 Å². The summed E-state index contributed by atoms with van der Waals surface area (Å²) >= 11 is 0. The zero-order chi connectivity index (χ0) is 13.1. The Balaban J connectivity index is 2.32. The Hall–Kier alpha value is -2.18. The van der Waals surface area contributed by atoms with Crippen molar-refractivity contribution in [2.45, 2.75) is 13.0 Å². The van der Waals surface area contributed by atoms with Crippen LogP contribution in [0.25, 0.3) is 0 Å². The molecule has 0 fully saturated rings. The SMILES string of the molecule is Cc1cc(C(O)c2ccc(C#N)cc2)ccc1F. The molecule has 1 atom stereocenters. The smallest absolute Gasteiger partial charge is 0.126 e. The molecule has 0 aliphatic carbocycles. The monoisotopic (exact) mass is 241 g/mol. The van der Waals surface area contributed by atoms with Crippen molar-refractivity contribution in [2.24, 2.45) is 0 Å². The molecular weight excluding hydrogens is 229 g/mol. The van der Waals surface area contributed by atoms with E-state index < -0.39 is 6.10 Å². The van der Waals surface area contributed by atoms with Gasteiger partial charge in [-0.1, -0.05) is 24.3 Å². The summed E-state index contributed by atoms with van der Waals surface area (Å²) in [6, 6.07) is 13.2. The molecule has 3 heteroatoms. The molecule has 2 nitrogen and oxygen atoms in total. The molecule has 0 aliphatic heterocycles. The van der Waals surface area contributed by atoms with E-state index in [0.29, 0.717) is 22.3 Å². The summed E-state index contributed by atoms with van der Waals surface area (Å²) < 4.78 is 13.1. The third-order valence-electron chi connectivity index (χ3n) is 2.85. The number of nitrogens with zero attached hydrogens (tertiary/aromatic N) is 1. The van der Waals surface area contributed by atoms with Crippen LogP contribution in [0.3, 0.4) is 0 Å². The summed E-state index contributed by atoms with van der Waals surface area (Å²) in [6.07, 6.45) is -0.808. The number of rotatable bonds is 2. The highest BCUT2D eigenvalue weighted by Crippen LogP contribution is 2.23. The molecule has 0 bridgehead atoms. The first-order valence-corrected chi connectivity index (χ1v) is 5.56. The molecule has 18 heavy (non-hydrogen) atoms. The number of aliphatic hydroxyl groups is 1. The van der Waals surface area contributed by atoms with E-state index >= 15 is 0 Å². The third kappa shape index (κ3) is 2.39. The molecule has 0 spiro atoms. The van der Waals surface area contributed by atoms with E-state index in [4.69, 9.17) is 5.26 Å². The average molecular weight is 241 g/mol. The Kier molecular flexibility index (Phi) is 3.40. The third-order valence-corrected chi connectivity index (χ3v) is 2.85. The van der Waals surface area contributed by atoms with Crippen LogP contribution in [0.5, 0.6) is 0 Å². The minimum Gasteiger partial charge on any atom is -0.384 e. The van der Waals surface area contributed by atoms with Gasteiger partial charge in [0, 0.05) is 0 Å². The van der Waals surface area contributed by atoms with Gasteiger partial charge in [-0.25, -0.2) is 4.39 Å². The fraction of sp³-hybridized carbons (Fsp3) is 0.133. The first-order valence-electron chi connectivity index (χ1n) is 5.56. The van der Waals surface area contributed by atoms with E-state index in [1.54, 1.807) is 43.3 Å². The lowest BCUT2D eigenvalue weighted by atomic mass is 9.99. The number of benzene rings is 2. The highest BCUT2D eigenvalue weighted by Gasteiger charge is 2.11. The molecule has 0 aliphatic rings. The maximum Gasteiger partial charge on any atom is 0.126 e. The minimum absolute atomic E-state index is 0.286. The van der Waals surface area contributed by atoms with Crippen molar-refractivity contribution >= 4 is 0 Å². The van der Waals surface area contributed by atoms with Gasteiger partial charge in [-0.15, -0.1) is 0 Å². The van der Waals surface area contributed by atoms with Crippen molar-refractivity contribution in [1.82, 2.24) is 0 Å². The number of hydrogen-bond donors (Lipinski definition) is 1. The first-order chi connectivity index (χ1) is 8.61. The Morgan fingerprint density at radius 1 is 1.11 bits per heavy atom. The lowest BCUT2D eigenvalue weighted by Crippen LogP contribution is -2.00. The highest BCUT2D eigenvalue weighted by molar-refractivity contribution is 5.37. The number of halogens is 1. The molecule has 1 N–H and O–H groups in total. The quantitative estimate of drug-likeness (QED) is 0.878. The highest BCUT2D eigenvalue weighted by atomic mass is 19.1. The molecule has 0 saturated carbocycles. The van der Waals surface area contributed by atoms with E-state index in [1.165, 1.54) is 6.07 Å². The maximum absolute atomic E-state index is 13.1. The number of aryl methyl sites for hydroxylation is 1. The van der Waals surface area contributed by atoms with E-state index in [2.05, 4.69) is 0 Å². The van der Waals surface area contributed by atoms with Crippen LogP contribution in [0.15, 0.2) is 42.5 Å². The predicted octanol–water partition coefficient (Wildman–Crippen LogP) is 3.09. The molecule has 2 aromatic rings. The summed E-state index contributed by atoms with van der Waals surface area (Å²) in [4.78, 5) is 0. The van der Waals surface area contributed by atoms with Gasteiger partial charge < -0.3 is 5.11 Å². The fourth-order valence-electron chi connectivity index (χ4n) is 1.77. The van der Waals surface area contributed by atoms with Gasteiger partial charge in [0.2, 0.25) is 0 Å². The van der Waals surface area contributed by atoms with Crippen LogP contribution in [-0.2, 0) is 0 Å². The Bertz CT molecular complexity index is 599. The van der Waals surface area contributed by atoms with Gasteiger partial charge >= 0.3 is 0 Å². The van der Waals surface area contributed by atoms with Crippen molar-refractivity contribution in [3.05, 3.63) is 70.5 Å². The number of aliphatic hydroxyl groups excluding tert-OH is 1. The molecule has 1 unspecified atom stereocenters. The molecule has 90 valence electrons. The summed E-state index contributed by atoms with van der Waals surface area (Å²) in [5.74, 6) is -0.286. The maximum atomic E-state index is 13.1. The Morgan fingerprint density at radius 2 is 1.72 bits per heavy atom. The van der Waals surface area contributed by atoms with E-state index in [-0.39, 0.29) is 5.82 Å². The molecule has 0 radical (unpaired) electrons. The summed E-state index contributed by atoms with van der Waals surface area (Å²) in [5, 5.41) is 18.9. The first kappa shape index (κ1) is 12.3. The van der Waals surface area contributed by atoms with Gasteiger partial charge in [0.05, 0.1) is 11.6 Å². The van der Waals surface area contributed by atoms with Crippen LogP contribution in [0.2, 0.25) is 0 Å². The predicted molar refractivity (Wildman–Crippen MR) is 66.4 cm³/mol. The van der Waals surface area contributed by atoms with Crippen molar-refractivity contribution in [3.8, 4) is 6.07 Å². The lowest BCUT2D eigenvalue weighted by Gasteiger charge is -2.12. The van der Waals surface area contributed by atoms with Crippen molar-refractivity contribution in [2.75, 3.05) is 0 Å². The van der Waals surface area contributed by atoms with Crippen LogP contribution < -0.4 is 0 Å². The largest absolute Gasteiger partial charge is 0.384 e. The van der Waals surface area contributed by atoms with Gasteiger partial charge in [-0.05, 0) is 41.8 Å². The molecule has 2 aromatic carbocycles. The molecule has 0 amide bonds. The van der Waals surface area contributed by atoms with Crippen LogP contribution >= 0.6 is 0 Å². The fourth-order valence-corrected chi connectivity index (χ4v) is 1.77. The average Bonchev–Trinajstić information content (AvgIpc) is 2.41. The molecule has 0 heterocycles. The van der Waals surface area contributed by atoms with Crippen molar-refractivity contribution in [3.63, 3.8) is 0 Å². The van der Waals surface area contributed by atoms with Gasteiger partial charge in [-0.3, -0.25) is 0 Å². The molecule has 0 aromatic heterocycles. The normalized spacial score (nSPS) is 11.9. The van der Waals surface area contributed by atoms with Crippen LogP contribution in [0, 0.1) is 24.1 Å². The minimum atomic E-state index is -0.808. The number of hydrogen-bond acceptors (Lipinski definition) is 2. The molecular formula is C15H12FNO. The second kappa shape index (κ2) is 4.99. The zero-order valence-electron chi connectivity index (χ0n) is 9.89. The van der Waals surface area contributed by atoms with E-state index in [0.717, 1.165) is 0 Å². The summed E-state index contributed by atoms with van der Waals surface area (Å²) in [7, 11) is 0. The summed E-state index contributed by atoms with van der Waals surface area (Å²) in [5.41, 5.74) is 2.36. The van der Waals surface area contributed by atoms with Gasteiger partial charge in [0.1, 0.15) is 11.9 Å². The lowest BCUT2D eigenvalue weighted by molar-refractivity contribution is 0.220. The van der Waals surface area contributed by atoms with E-state index in [1.807, 2.05) is 6.07 Å². The molecule has 0 saturated heterocycles. The molecule has 2 rings (SSSR count). The standard InChI is InChI=1S/C15H12FNO/c1-10-8-13(6-7-14(10)16)15(18)12-4-2-11(9-17)3-5-12/h2-8,15,18H,1H3. The second-order valence-electron chi connectivity index (χ2n) is 4.14. The van der Waals surface area contributed by atoms with Crippen molar-refractivity contribution < 1.29 is 9.50 Å². The van der Waals surface area contributed by atoms with Crippen molar-refractivity contribution in [1.29, 1.82) is 5.26 Å². The van der Waals surface area contributed by atoms with Crippen LogP contribution in [0.1, 0.15) is 28.4 Å². The Morgan fingerprint density at radius 3 is 2.28 bits per heavy atom. The van der Waals surface area contributed by atoms with Gasteiger partial charge in [0.25, 0.3) is 0 Å². The van der Waals surface area contributed by atoms with E-state index in [9.17, 15) is 9.50 Å². The second-order valence-corrected chi connectivity index (χ2v) is 4.14. The van der Waals surface area contributed by atoms with Crippen LogP contribution in [-0.4, -0.2) is 5.11 Å². The number of nitriles is 1. The summed E-state index contributed by atoms with van der Waals surface area (Å²) in [6.45, 7) is 1.66.